The van der Waals surface area contributed by atoms with Crippen molar-refractivity contribution in [1.82, 2.24) is 4.90 Å². The molecule has 0 spiro atoms. The van der Waals surface area contributed by atoms with E-state index in [2.05, 4.69) is 23.6 Å². The van der Waals surface area contributed by atoms with E-state index in [0.29, 0.717) is 12.1 Å². The molecule has 68 valence electrons. The molecule has 0 unspecified atom stereocenters. The van der Waals surface area contributed by atoms with Crippen molar-refractivity contribution in [3.8, 4) is 0 Å². The van der Waals surface area contributed by atoms with Crippen molar-refractivity contribution >= 4 is 16.9 Å². The van der Waals surface area contributed by atoms with Gasteiger partial charge in [0.05, 0.1) is 14.1 Å². The lowest BCUT2D eigenvalue weighted by atomic mass is 9.90. The Labute approximate surface area is 78.8 Å². The maximum atomic E-state index is 6.16. The van der Waals surface area contributed by atoms with Crippen LogP contribution in [0, 0.1) is 0 Å². The number of amidine groups is 1. The van der Waals surface area contributed by atoms with E-state index in [4.69, 9.17) is 11.6 Å². The van der Waals surface area contributed by atoms with Crippen LogP contribution in [0.15, 0.2) is 0 Å². The predicted octanol–water partition coefficient (Wildman–Crippen LogP) is 1.48. The van der Waals surface area contributed by atoms with Crippen LogP contribution >= 0.6 is 11.6 Å². The Morgan fingerprint density at radius 1 is 1.42 bits per heavy atom. The quantitative estimate of drug-likeness (QED) is 0.411. The molecule has 0 amide bonds. The zero-order chi connectivity index (χ0) is 8.72. The van der Waals surface area contributed by atoms with Crippen molar-refractivity contribution in [3.05, 3.63) is 0 Å². The number of hydrogen-bond acceptors (Lipinski definition) is 1. The van der Waals surface area contributed by atoms with Gasteiger partial charge in [-0.15, -0.1) is 0 Å². The van der Waals surface area contributed by atoms with Crippen LogP contribution in [0.1, 0.15) is 25.7 Å². The number of rotatable bonds is 0. The van der Waals surface area contributed by atoms with E-state index in [1.54, 1.807) is 0 Å². The van der Waals surface area contributed by atoms with E-state index in [1.807, 2.05) is 0 Å². The second-order valence-corrected chi connectivity index (χ2v) is 4.25. The fourth-order valence-corrected chi connectivity index (χ4v) is 2.77. The highest BCUT2D eigenvalue weighted by molar-refractivity contribution is 6.63. The minimum Gasteiger partial charge on any atom is -0.247 e. The molecule has 12 heavy (non-hydrogen) atoms. The summed E-state index contributed by atoms with van der Waals surface area (Å²) in [6.45, 7) is 0. The lowest BCUT2D eigenvalue weighted by Crippen LogP contribution is -2.39. The van der Waals surface area contributed by atoms with Crippen molar-refractivity contribution in [2.24, 2.45) is 0 Å². The smallest absolute Gasteiger partial charge is 0.247 e. The fraction of sp³-hybridized carbons (Fsp3) is 0.889. The first-order chi connectivity index (χ1) is 5.72. The monoisotopic (exact) mass is 187 g/mol. The van der Waals surface area contributed by atoms with Gasteiger partial charge in [-0.1, -0.05) is 0 Å². The van der Waals surface area contributed by atoms with E-state index < -0.39 is 0 Å². The van der Waals surface area contributed by atoms with Crippen LogP contribution in [0.4, 0.5) is 0 Å². The van der Waals surface area contributed by atoms with E-state index in [1.165, 1.54) is 25.7 Å². The zero-order valence-electron chi connectivity index (χ0n) is 7.76. The van der Waals surface area contributed by atoms with Gasteiger partial charge in [0.2, 0.25) is 0 Å². The molecule has 3 heteroatoms. The van der Waals surface area contributed by atoms with Crippen molar-refractivity contribution in [2.75, 3.05) is 14.1 Å². The lowest BCUT2D eigenvalue weighted by molar-refractivity contribution is -0.532. The molecule has 0 N–H and O–H groups in total. The summed E-state index contributed by atoms with van der Waals surface area (Å²) in [6, 6.07) is 1.35. The third kappa shape index (κ3) is 1.05. The Bertz CT molecular complexity index is 225. The first kappa shape index (κ1) is 8.36. The van der Waals surface area contributed by atoms with Crippen LogP contribution in [-0.4, -0.2) is 40.9 Å². The van der Waals surface area contributed by atoms with Gasteiger partial charge in [-0.2, -0.15) is 0 Å². The van der Waals surface area contributed by atoms with E-state index >= 15 is 0 Å². The molecular formula is C9H16ClN2+. The Kier molecular flexibility index (Phi) is 2.03. The van der Waals surface area contributed by atoms with Gasteiger partial charge in [-0.3, -0.25) is 0 Å². The van der Waals surface area contributed by atoms with Gasteiger partial charge >= 0.3 is 5.29 Å². The normalized spacial score (nSPS) is 35.8. The minimum absolute atomic E-state index is 0.677. The maximum Gasteiger partial charge on any atom is 0.345 e. The average molecular weight is 188 g/mol. The van der Waals surface area contributed by atoms with Crippen LogP contribution in [0.3, 0.4) is 0 Å². The largest absolute Gasteiger partial charge is 0.345 e. The van der Waals surface area contributed by atoms with Crippen LogP contribution < -0.4 is 0 Å². The summed E-state index contributed by atoms with van der Waals surface area (Å²) < 4.78 is 2.23. The third-order valence-corrected chi connectivity index (χ3v) is 3.80. The molecule has 0 aromatic heterocycles. The predicted molar refractivity (Wildman–Crippen MR) is 50.9 cm³/mol. The van der Waals surface area contributed by atoms with E-state index in [9.17, 15) is 0 Å². The molecule has 0 bridgehead atoms. The summed E-state index contributed by atoms with van der Waals surface area (Å²) in [6.07, 6.45) is 5.34. The van der Waals surface area contributed by atoms with Gasteiger partial charge in [-0.05, 0) is 25.7 Å². The number of hydrogen-bond donors (Lipinski definition) is 0. The molecule has 1 aliphatic heterocycles. The molecule has 0 radical (unpaired) electrons. The van der Waals surface area contributed by atoms with Gasteiger partial charge in [-0.25, -0.2) is 9.48 Å². The number of nitrogens with zero attached hydrogens (tertiary/aromatic N) is 2. The molecule has 2 nitrogen and oxygen atoms in total. The second kappa shape index (κ2) is 2.91. The highest BCUT2D eigenvalue weighted by Crippen LogP contribution is 2.29. The molecule has 2 aliphatic rings. The van der Waals surface area contributed by atoms with Crippen molar-refractivity contribution in [2.45, 2.75) is 37.8 Å². The first-order valence-corrected chi connectivity index (χ1v) is 5.07. The second-order valence-electron chi connectivity index (χ2n) is 3.91. The fourth-order valence-electron chi connectivity index (χ4n) is 2.52. The molecule has 0 aromatic carbocycles. The topological polar surface area (TPSA) is 6.25 Å². The Morgan fingerprint density at radius 2 is 2.08 bits per heavy atom. The SMILES string of the molecule is CN1C(Cl)=[N+](C)[C@H]2CCCC[C@@H]21. The van der Waals surface area contributed by atoms with E-state index in [0.717, 1.165) is 5.29 Å². The van der Waals surface area contributed by atoms with Gasteiger partial charge in [0, 0.05) is 11.6 Å². The molecule has 0 aromatic rings. The highest BCUT2D eigenvalue weighted by Gasteiger charge is 2.44. The number of fused-ring (bicyclic) bond motifs is 1. The molecule has 1 aliphatic carbocycles. The van der Waals surface area contributed by atoms with E-state index in [-0.39, 0.29) is 0 Å². The lowest BCUT2D eigenvalue weighted by Gasteiger charge is -2.24. The van der Waals surface area contributed by atoms with Crippen molar-refractivity contribution < 1.29 is 4.58 Å². The molecule has 1 saturated carbocycles. The average Bonchev–Trinajstić information content (AvgIpc) is 2.33. The molecule has 2 rings (SSSR count). The first-order valence-electron chi connectivity index (χ1n) is 4.70. The third-order valence-electron chi connectivity index (χ3n) is 3.27. The number of likely N-dealkylation sites (N-methyl/N-ethyl adjacent to an activating group) is 2. The molecule has 1 fully saturated rings. The van der Waals surface area contributed by atoms with Crippen LogP contribution in [0.5, 0.6) is 0 Å². The van der Waals surface area contributed by atoms with Gasteiger partial charge in [0.1, 0.15) is 12.1 Å². The summed E-state index contributed by atoms with van der Waals surface area (Å²) in [5.74, 6) is 0. The van der Waals surface area contributed by atoms with Crippen LogP contribution in [0.25, 0.3) is 0 Å². The molecule has 2 atom stereocenters. The molecule has 0 saturated heterocycles. The van der Waals surface area contributed by atoms with Crippen LogP contribution in [-0.2, 0) is 0 Å². The highest BCUT2D eigenvalue weighted by atomic mass is 35.5. The summed E-state index contributed by atoms with van der Waals surface area (Å²) in [5.41, 5.74) is 0. The molecular weight excluding hydrogens is 172 g/mol. The van der Waals surface area contributed by atoms with Crippen LogP contribution in [0.2, 0.25) is 0 Å². The Morgan fingerprint density at radius 3 is 2.75 bits per heavy atom. The summed E-state index contributed by atoms with van der Waals surface area (Å²) in [7, 11) is 4.21. The van der Waals surface area contributed by atoms with Gasteiger partial charge in [0.25, 0.3) is 0 Å². The minimum atomic E-state index is 0.677. The standard InChI is InChI=1S/C9H16ClN2/c1-11-7-5-3-4-6-8(7)12(2)9(11)10/h7-8H,3-6H2,1-2H3/q+1/t7-,8-/m0/s1. The zero-order valence-corrected chi connectivity index (χ0v) is 8.51. The van der Waals surface area contributed by atoms with Gasteiger partial charge in [0.15, 0.2) is 0 Å². The Hall–Kier alpha value is -0.240. The summed E-state index contributed by atoms with van der Waals surface area (Å²) >= 11 is 6.16. The van der Waals surface area contributed by atoms with Crippen molar-refractivity contribution in [1.29, 1.82) is 0 Å². The molecule has 1 heterocycles. The maximum absolute atomic E-state index is 6.16. The Balaban J connectivity index is 2.23. The summed E-state index contributed by atoms with van der Waals surface area (Å²) in [5, 5.41) is 0.923. The number of halogens is 1. The van der Waals surface area contributed by atoms with Crippen molar-refractivity contribution in [3.63, 3.8) is 0 Å². The van der Waals surface area contributed by atoms with Gasteiger partial charge < -0.3 is 0 Å². The summed E-state index contributed by atoms with van der Waals surface area (Å²) in [4.78, 5) is 2.23.